The van der Waals surface area contributed by atoms with Crippen molar-refractivity contribution in [2.24, 2.45) is 5.92 Å². The van der Waals surface area contributed by atoms with E-state index < -0.39 is 10.0 Å². The molecule has 0 aliphatic carbocycles. The maximum atomic E-state index is 12.8. The molecule has 21 heavy (non-hydrogen) atoms. The molecular formula is C14H19BrN2O3S. The summed E-state index contributed by atoms with van der Waals surface area (Å²) in [7, 11) is -2.27. The molecule has 0 radical (unpaired) electrons. The van der Waals surface area contributed by atoms with Crippen LogP contribution in [0.5, 0.6) is 5.75 Å². The van der Waals surface area contributed by atoms with Crippen molar-refractivity contribution in [1.29, 1.82) is 5.26 Å². The van der Waals surface area contributed by atoms with Crippen LogP contribution in [0.1, 0.15) is 20.3 Å². The van der Waals surface area contributed by atoms with Gasteiger partial charge < -0.3 is 4.74 Å². The van der Waals surface area contributed by atoms with E-state index in [1.165, 1.54) is 17.5 Å². The quantitative estimate of drug-likeness (QED) is 0.735. The number of sulfonamides is 1. The first-order valence-corrected chi connectivity index (χ1v) is 8.77. The molecule has 0 saturated heterocycles. The Labute approximate surface area is 134 Å². The summed E-state index contributed by atoms with van der Waals surface area (Å²) in [5, 5.41) is 8.73. The lowest BCUT2D eigenvalue weighted by Crippen LogP contribution is -2.35. The van der Waals surface area contributed by atoms with Crippen LogP contribution in [0.2, 0.25) is 0 Å². The van der Waals surface area contributed by atoms with Gasteiger partial charge in [-0.05, 0) is 24.1 Å². The Balaban J connectivity index is 3.28. The van der Waals surface area contributed by atoms with Crippen molar-refractivity contribution >= 4 is 26.0 Å². The molecule has 5 nitrogen and oxygen atoms in total. The van der Waals surface area contributed by atoms with E-state index in [0.717, 1.165) is 0 Å². The highest BCUT2D eigenvalue weighted by molar-refractivity contribution is 9.10. The van der Waals surface area contributed by atoms with Gasteiger partial charge in [0.15, 0.2) is 0 Å². The molecule has 0 bridgehead atoms. The molecule has 0 N–H and O–H groups in total. The van der Waals surface area contributed by atoms with Crippen LogP contribution < -0.4 is 4.74 Å². The van der Waals surface area contributed by atoms with Crippen LogP contribution in [0.15, 0.2) is 27.6 Å². The third-order valence-corrected chi connectivity index (χ3v) is 5.16. The largest absolute Gasteiger partial charge is 0.495 e. The number of nitriles is 1. The number of hydrogen-bond donors (Lipinski definition) is 0. The second kappa shape index (κ2) is 7.78. The van der Waals surface area contributed by atoms with Gasteiger partial charge in [0.1, 0.15) is 10.6 Å². The average Bonchev–Trinajstić information content (AvgIpc) is 2.42. The monoisotopic (exact) mass is 374 g/mol. The minimum atomic E-state index is -3.71. The van der Waals surface area contributed by atoms with E-state index in [2.05, 4.69) is 15.9 Å². The van der Waals surface area contributed by atoms with Crippen molar-refractivity contribution in [1.82, 2.24) is 4.31 Å². The van der Waals surface area contributed by atoms with Crippen molar-refractivity contribution in [2.75, 3.05) is 20.2 Å². The van der Waals surface area contributed by atoms with Gasteiger partial charge in [0.25, 0.3) is 0 Å². The number of methoxy groups -OCH3 is 1. The molecule has 116 valence electrons. The molecule has 0 atom stereocenters. The van der Waals surface area contributed by atoms with E-state index in [1.807, 2.05) is 19.9 Å². The van der Waals surface area contributed by atoms with E-state index >= 15 is 0 Å². The summed E-state index contributed by atoms with van der Waals surface area (Å²) < 4.78 is 32.8. The highest BCUT2D eigenvalue weighted by atomic mass is 79.9. The minimum Gasteiger partial charge on any atom is -0.495 e. The van der Waals surface area contributed by atoms with E-state index in [1.54, 1.807) is 12.1 Å². The zero-order chi connectivity index (χ0) is 16.0. The van der Waals surface area contributed by atoms with Crippen molar-refractivity contribution < 1.29 is 13.2 Å². The topological polar surface area (TPSA) is 70.4 Å². The summed E-state index contributed by atoms with van der Waals surface area (Å²) in [5.41, 5.74) is 0. The van der Waals surface area contributed by atoms with Crippen LogP contribution in [-0.2, 0) is 10.0 Å². The summed E-state index contributed by atoms with van der Waals surface area (Å²) >= 11 is 3.28. The molecular weight excluding hydrogens is 356 g/mol. The predicted octanol–water partition coefficient (Wildman–Crippen LogP) is 3.02. The van der Waals surface area contributed by atoms with Crippen LogP contribution in [0.3, 0.4) is 0 Å². The van der Waals surface area contributed by atoms with E-state index in [4.69, 9.17) is 10.00 Å². The number of benzene rings is 1. The second-order valence-electron chi connectivity index (χ2n) is 4.96. The smallest absolute Gasteiger partial charge is 0.246 e. The molecule has 1 rings (SSSR count). The Kier molecular flexibility index (Phi) is 6.65. The molecule has 0 aliphatic rings. The lowest BCUT2D eigenvalue weighted by molar-refractivity contribution is 0.365. The molecule has 0 unspecified atom stereocenters. The van der Waals surface area contributed by atoms with Crippen molar-refractivity contribution in [3.05, 3.63) is 22.7 Å². The molecule has 0 fully saturated rings. The Hall–Kier alpha value is -1.10. The summed E-state index contributed by atoms with van der Waals surface area (Å²) in [5.74, 6) is 0.459. The summed E-state index contributed by atoms with van der Waals surface area (Å²) in [6.45, 7) is 4.41. The van der Waals surface area contributed by atoms with Crippen LogP contribution in [0.25, 0.3) is 0 Å². The average molecular weight is 375 g/mol. The van der Waals surface area contributed by atoms with E-state index in [9.17, 15) is 8.42 Å². The van der Waals surface area contributed by atoms with Gasteiger partial charge in [-0.25, -0.2) is 8.42 Å². The molecule has 0 heterocycles. The third kappa shape index (κ3) is 4.70. The number of hydrogen-bond acceptors (Lipinski definition) is 4. The van der Waals surface area contributed by atoms with Crippen LogP contribution in [0, 0.1) is 17.2 Å². The number of ether oxygens (including phenoxy) is 1. The van der Waals surface area contributed by atoms with E-state index in [0.29, 0.717) is 16.8 Å². The molecule has 0 spiro atoms. The normalized spacial score (nSPS) is 11.7. The standard InChI is InChI=1S/C14H19BrN2O3S/c1-11(2)10-17(8-4-7-16)21(18,19)14-9-12(15)5-6-13(14)20-3/h5-6,9,11H,4,8,10H2,1-3H3. The molecule has 7 heteroatoms. The highest BCUT2D eigenvalue weighted by Crippen LogP contribution is 2.30. The van der Waals surface area contributed by atoms with Crippen LogP contribution in [-0.4, -0.2) is 32.9 Å². The maximum absolute atomic E-state index is 12.8. The molecule has 0 aliphatic heterocycles. The van der Waals surface area contributed by atoms with Gasteiger partial charge in [-0.1, -0.05) is 29.8 Å². The van der Waals surface area contributed by atoms with Gasteiger partial charge in [0, 0.05) is 24.0 Å². The maximum Gasteiger partial charge on any atom is 0.246 e. The molecule has 0 amide bonds. The molecule has 0 saturated carbocycles. The Bertz CT molecular complexity index is 624. The van der Waals surface area contributed by atoms with E-state index in [-0.39, 0.29) is 23.8 Å². The molecule has 0 aromatic heterocycles. The van der Waals surface area contributed by atoms with Gasteiger partial charge >= 0.3 is 0 Å². The van der Waals surface area contributed by atoms with Crippen molar-refractivity contribution in [3.8, 4) is 11.8 Å². The number of rotatable bonds is 7. The summed E-state index contributed by atoms with van der Waals surface area (Å²) in [6.07, 6.45) is 0.155. The Morgan fingerprint density at radius 1 is 1.43 bits per heavy atom. The fourth-order valence-electron chi connectivity index (χ4n) is 1.88. The minimum absolute atomic E-state index is 0.109. The molecule has 1 aromatic carbocycles. The number of halogens is 1. The van der Waals surface area contributed by atoms with Crippen molar-refractivity contribution in [3.63, 3.8) is 0 Å². The second-order valence-corrected chi connectivity index (χ2v) is 7.78. The van der Waals surface area contributed by atoms with Gasteiger partial charge in [-0.2, -0.15) is 9.57 Å². The lowest BCUT2D eigenvalue weighted by Gasteiger charge is -2.24. The Morgan fingerprint density at radius 2 is 2.10 bits per heavy atom. The SMILES string of the molecule is COc1ccc(Br)cc1S(=O)(=O)N(CCC#N)CC(C)C. The molecule has 1 aromatic rings. The summed E-state index contributed by atoms with van der Waals surface area (Å²) in [6, 6.07) is 6.84. The van der Waals surface area contributed by atoms with Crippen LogP contribution >= 0.6 is 15.9 Å². The van der Waals surface area contributed by atoms with Gasteiger partial charge in [0.2, 0.25) is 10.0 Å². The number of nitrogens with zero attached hydrogens (tertiary/aromatic N) is 2. The third-order valence-electron chi connectivity index (χ3n) is 2.79. The van der Waals surface area contributed by atoms with Gasteiger partial charge in [-0.3, -0.25) is 0 Å². The van der Waals surface area contributed by atoms with Gasteiger partial charge in [-0.15, -0.1) is 0 Å². The Morgan fingerprint density at radius 3 is 2.62 bits per heavy atom. The zero-order valence-electron chi connectivity index (χ0n) is 12.3. The van der Waals surface area contributed by atoms with Gasteiger partial charge in [0.05, 0.1) is 13.2 Å². The van der Waals surface area contributed by atoms with Crippen molar-refractivity contribution in [2.45, 2.75) is 25.2 Å². The highest BCUT2D eigenvalue weighted by Gasteiger charge is 2.28. The lowest BCUT2D eigenvalue weighted by atomic mass is 10.2. The first-order chi connectivity index (χ1) is 9.82. The summed E-state index contributed by atoms with van der Waals surface area (Å²) in [4.78, 5) is 0.109. The zero-order valence-corrected chi connectivity index (χ0v) is 14.7. The first kappa shape index (κ1) is 18.0. The predicted molar refractivity (Wildman–Crippen MR) is 84.5 cm³/mol. The first-order valence-electron chi connectivity index (χ1n) is 6.53. The fraction of sp³-hybridized carbons (Fsp3) is 0.500. The fourth-order valence-corrected chi connectivity index (χ4v) is 4.18. The van der Waals surface area contributed by atoms with Crippen LogP contribution in [0.4, 0.5) is 0 Å².